The van der Waals surface area contributed by atoms with Crippen LogP contribution in [-0.2, 0) is 4.74 Å². The number of anilines is 2. The van der Waals surface area contributed by atoms with E-state index in [0.717, 1.165) is 18.9 Å². The summed E-state index contributed by atoms with van der Waals surface area (Å²) in [6.45, 7) is 5.64. The third kappa shape index (κ3) is 4.11. The van der Waals surface area contributed by atoms with Gasteiger partial charge in [-0.3, -0.25) is 0 Å². The molecule has 1 aromatic rings. The van der Waals surface area contributed by atoms with Gasteiger partial charge in [-0.2, -0.15) is 0 Å². The normalized spacial score (nSPS) is 12.2. The number of ether oxygens (including phenoxy) is 1. The van der Waals surface area contributed by atoms with E-state index in [4.69, 9.17) is 4.74 Å². The van der Waals surface area contributed by atoms with Crippen LogP contribution in [0.4, 0.5) is 11.4 Å². The van der Waals surface area contributed by atoms with Crippen molar-refractivity contribution in [1.29, 1.82) is 0 Å². The van der Waals surface area contributed by atoms with Crippen molar-refractivity contribution in [3.8, 4) is 0 Å². The number of nitrogens with zero attached hydrogens (tertiary/aromatic N) is 1. The minimum atomic E-state index is 0.338. The highest BCUT2D eigenvalue weighted by molar-refractivity contribution is 5.54. The van der Waals surface area contributed by atoms with E-state index in [1.807, 2.05) is 21.0 Å². The van der Waals surface area contributed by atoms with Crippen molar-refractivity contribution < 1.29 is 4.74 Å². The van der Waals surface area contributed by atoms with E-state index in [1.165, 1.54) is 5.69 Å². The van der Waals surface area contributed by atoms with Crippen LogP contribution in [0.5, 0.6) is 0 Å². The van der Waals surface area contributed by atoms with Crippen LogP contribution >= 0.6 is 0 Å². The third-order valence-electron chi connectivity index (χ3n) is 2.37. The minimum Gasteiger partial charge on any atom is -0.380 e. The van der Waals surface area contributed by atoms with Crippen molar-refractivity contribution in [3.63, 3.8) is 0 Å². The summed E-state index contributed by atoms with van der Waals surface area (Å²) in [5.41, 5.74) is 2.35. The van der Waals surface area contributed by atoms with E-state index in [0.29, 0.717) is 6.04 Å². The Morgan fingerprint density at radius 2 is 1.88 bits per heavy atom. The van der Waals surface area contributed by atoms with Gasteiger partial charge in [-0.15, -0.1) is 0 Å². The summed E-state index contributed by atoms with van der Waals surface area (Å²) < 4.78 is 5.36. The molecule has 0 spiro atoms. The number of rotatable bonds is 6. The van der Waals surface area contributed by atoms with E-state index in [9.17, 15) is 0 Å². The fraction of sp³-hybridized carbons (Fsp3) is 0.538. The molecule has 0 radical (unpaired) electrons. The molecule has 16 heavy (non-hydrogen) atoms. The number of nitrogens with one attached hydrogen (secondary N) is 1. The predicted molar refractivity (Wildman–Crippen MR) is 70.3 cm³/mol. The number of benzene rings is 1. The molecule has 0 saturated heterocycles. The highest BCUT2D eigenvalue weighted by Gasteiger charge is 2.01. The van der Waals surface area contributed by atoms with Gasteiger partial charge >= 0.3 is 0 Å². The maximum atomic E-state index is 5.36. The summed E-state index contributed by atoms with van der Waals surface area (Å²) in [5, 5.41) is 3.40. The molecule has 1 N–H and O–H groups in total. The standard InChI is InChI=1S/C13H22N2O/c1-5-16-10-11(2)14-12-6-8-13(9-7-12)15(3)4/h6-9,11,14H,5,10H2,1-4H3. The maximum absolute atomic E-state index is 5.36. The molecule has 0 saturated carbocycles. The first-order valence-corrected chi connectivity index (χ1v) is 5.75. The van der Waals surface area contributed by atoms with Crippen molar-refractivity contribution in [2.45, 2.75) is 19.9 Å². The summed E-state index contributed by atoms with van der Waals surface area (Å²) in [5.74, 6) is 0. The predicted octanol–water partition coefficient (Wildman–Crippen LogP) is 2.59. The lowest BCUT2D eigenvalue weighted by Gasteiger charge is -2.17. The van der Waals surface area contributed by atoms with Crippen LogP contribution in [0.1, 0.15) is 13.8 Å². The summed E-state index contributed by atoms with van der Waals surface area (Å²) in [4.78, 5) is 2.09. The molecule has 0 aliphatic rings. The van der Waals surface area contributed by atoms with E-state index < -0.39 is 0 Å². The van der Waals surface area contributed by atoms with Gasteiger partial charge in [-0.25, -0.2) is 0 Å². The Morgan fingerprint density at radius 1 is 1.25 bits per heavy atom. The maximum Gasteiger partial charge on any atom is 0.0664 e. The van der Waals surface area contributed by atoms with E-state index in [-0.39, 0.29) is 0 Å². The SMILES string of the molecule is CCOCC(C)Nc1ccc(N(C)C)cc1. The summed E-state index contributed by atoms with van der Waals surface area (Å²) in [7, 11) is 4.08. The molecular formula is C13H22N2O. The first kappa shape index (κ1) is 12.8. The molecule has 0 fully saturated rings. The Bertz CT molecular complexity index is 295. The molecular weight excluding hydrogens is 200 g/mol. The lowest BCUT2D eigenvalue weighted by Crippen LogP contribution is -2.21. The average Bonchev–Trinajstić information content (AvgIpc) is 2.27. The van der Waals surface area contributed by atoms with Gasteiger partial charge in [0.25, 0.3) is 0 Å². The quantitative estimate of drug-likeness (QED) is 0.800. The molecule has 1 atom stereocenters. The molecule has 0 aliphatic carbocycles. The molecule has 3 nitrogen and oxygen atoms in total. The Labute approximate surface area is 98.4 Å². The van der Waals surface area contributed by atoms with Crippen LogP contribution in [-0.4, -0.2) is 33.4 Å². The zero-order valence-corrected chi connectivity index (χ0v) is 10.7. The molecule has 0 aromatic heterocycles. The molecule has 3 heteroatoms. The molecule has 1 aromatic carbocycles. The Balaban J connectivity index is 2.48. The zero-order valence-electron chi connectivity index (χ0n) is 10.7. The van der Waals surface area contributed by atoms with Gasteiger partial charge in [-0.1, -0.05) is 0 Å². The molecule has 0 amide bonds. The monoisotopic (exact) mass is 222 g/mol. The molecule has 0 aliphatic heterocycles. The van der Waals surface area contributed by atoms with Gasteiger partial charge in [0.2, 0.25) is 0 Å². The molecule has 0 heterocycles. The minimum absolute atomic E-state index is 0.338. The van der Waals surface area contributed by atoms with Crippen molar-refractivity contribution in [2.75, 3.05) is 37.5 Å². The van der Waals surface area contributed by atoms with Crippen LogP contribution in [0.2, 0.25) is 0 Å². The first-order chi connectivity index (χ1) is 7.63. The lowest BCUT2D eigenvalue weighted by molar-refractivity contribution is 0.141. The smallest absolute Gasteiger partial charge is 0.0664 e. The molecule has 0 bridgehead atoms. The number of hydrogen-bond acceptors (Lipinski definition) is 3. The van der Waals surface area contributed by atoms with Gasteiger partial charge in [0.15, 0.2) is 0 Å². The summed E-state index contributed by atoms with van der Waals surface area (Å²) in [6, 6.07) is 8.74. The second-order valence-corrected chi connectivity index (χ2v) is 4.15. The van der Waals surface area contributed by atoms with Crippen LogP contribution in [0, 0.1) is 0 Å². The fourth-order valence-electron chi connectivity index (χ4n) is 1.48. The zero-order chi connectivity index (χ0) is 12.0. The van der Waals surface area contributed by atoms with Crippen LogP contribution in [0.15, 0.2) is 24.3 Å². The van der Waals surface area contributed by atoms with Crippen molar-refractivity contribution in [3.05, 3.63) is 24.3 Å². The lowest BCUT2D eigenvalue weighted by atomic mass is 10.2. The molecule has 1 unspecified atom stereocenters. The third-order valence-corrected chi connectivity index (χ3v) is 2.37. The van der Waals surface area contributed by atoms with Crippen molar-refractivity contribution >= 4 is 11.4 Å². The van der Waals surface area contributed by atoms with Gasteiger partial charge in [0, 0.05) is 38.1 Å². The van der Waals surface area contributed by atoms with E-state index >= 15 is 0 Å². The van der Waals surface area contributed by atoms with Crippen molar-refractivity contribution in [1.82, 2.24) is 0 Å². The molecule has 90 valence electrons. The van der Waals surface area contributed by atoms with Gasteiger partial charge in [0.05, 0.1) is 6.61 Å². The van der Waals surface area contributed by atoms with Crippen LogP contribution < -0.4 is 10.2 Å². The van der Waals surface area contributed by atoms with Gasteiger partial charge < -0.3 is 15.0 Å². The van der Waals surface area contributed by atoms with E-state index in [2.05, 4.69) is 41.4 Å². The van der Waals surface area contributed by atoms with Gasteiger partial charge in [0.1, 0.15) is 0 Å². The summed E-state index contributed by atoms with van der Waals surface area (Å²) >= 11 is 0. The average molecular weight is 222 g/mol. The Kier molecular flexibility index (Phi) is 5.12. The van der Waals surface area contributed by atoms with E-state index in [1.54, 1.807) is 0 Å². The van der Waals surface area contributed by atoms with Crippen LogP contribution in [0.25, 0.3) is 0 Å². The number of hydrogen-bond donors (Lipinski definition) is 1. The molecule has 1 rings (SSSR count). The second kappa shape index (κ2) is 6.38. The highest BCUT2D eigenvalue weighted by atomic mass is 16.5. The Hall–Kier alpha value is -1.22. The largest absolute Gasteiger partial charge is 0.380 e. The van der Waals surface area contributed by atoms with Crippen LogP contribution in [0.3, 0.4) is 0 Å². The fourth-order valence-corrected chi connectivity index (χ4v) is 1.48. The topological polar surface area (TPSA) is 24.5 Å². The Morgan fingerprint density at radius 3 is 2.38 bits per heavy atom. The van der Waals surface area contributed by atoms with Gasteiger partial charge in [-0.05, 0) is 38.1 Å². The highest BCUT2D eigenvalue weighted by Crippen LogP contribution is 2.16. The first-order valence-electron chi connectivity index (χ1n) is 5.75. The second-order valence-electron chi connectivity index (χ2n) is 4.15. The summed E-state index contributed by atoms with van der Waals surface area (Å²) in [6.07, 6.45) is 0. The van der Waals surface area contributed by atoms with Crippen molar-refractivity contribution in [2.24, 2.45) is 0 Å².